The van der Waals surface area contributed by atoms with E-state index in [1.54, 1.807) is 35.6 Å². The molecule has 1 aliphatic heterocycles. The van der Waals surface area contributed by atoms with Gasteiger partial charge in [-0.1, -0.05) is 22.0 Å². The molecule has 0 bridgehead atoms. The second kappa shape index (κ2) is 8.21. The van der Waals surface area contributed by atoms with E-state index in [0.29, 0.717) is 19.4 Å². The smallest absolute Gasteiger partial charge is 0.243 e. The standard InChI is InChI=1S/C18H21BrN2O3S2/c1-13(17-5-3-11-25-17)20-18(22)14-4-2-10-21(12-14)26(23,24)16-8-6-15(19)7-9-16/h3,5-9,11,13-14H,2,4,10,12H2,1H3,(H,20,22). The Morgan fingerprint density at radius 2 is 2.04 bits per heavy atom. The first-order valence-corrected chi connectivity index (χ1v) is 11.6. The number of sulfonamides is 1. The molecule has 1 aromatic carbocycles. The number of nitrogens with one attached hydrogen (secondary N) is 1. The van der Waals surface area contributed by atoms with Gasteiger partial charge >= 0.3 is 0 Å². The summed E-state index contributed by atoms with van der Waals surface area (Å²) in [5.74, 6) is -0.405. The number of piperidine rings is 1. The Kier molecular flexibility index (Phi) is 6.17. The maximum atomic E-state index is 12.9. The predicted molar refractivity (Wildman–Crippen MR) is 107 cm³/mol. The minimum absolute atomic E-state index is 0.0686. The number of nitrogens with zero attached hydrogens (tertiary/aromatic N) is 1. The van der Waals surface area contributed by atoms with E-state index in [-0.39, 0.29) is 29.3 Å². The lowest BCUT2D eigenvalue weighted by atomic mass is 9.98. The Labute approximate surface area is 166 Å². The van der Waals surface area contributed by atoms with E-state index >= 15 is 0 Å². The maximum absolute atomic E-state index is 12.9. The van der Waals surface area contributed by atoms with Crippen LogP contribution < -0.4 is 5.32 Å². The molecule has 1 N–H and O–H groups in total. The molecule has 1 aliphatic rings. The highest BCUT2D eigenvalue weighted by atomic mass is 79.9. The predicted octanol–water partition coefficient (Wildman–Crippen LogP) is 3.79. The van der Waals surface area contributed by atoms with Gasteiger partial charge in [-0.3, -0.25) is 4.79 Å². The van der Waals surface area contributed by atoms with Gasteiger partial charge < -0.3 is 5.32 Å². The molecular weight excluding hydrogens is 436 g/mol. The van der Waals surface area contributed by atoms with Crippen molar-refractivity contribution in [3.05, 3.63) is 51.1 Å². The van der Waals surface area contributed by atoms with E-state index in [1.807, 2.05) is 24.4 Å². The van der Waals surface area contributed by atoms with Crippen LogP contribution in [0.15, 0.2) is 51.1 Å². The highest BCUT2D eigenvalue weighted by Crippen LogP contribution is 2.26. The van der Waals surface area contributed by atoms with E-state index in [1.165, 1.54) is 4.31 Å². The van der Waals surface area contributed by atoms with E-state index in [2.05, 4.69) is 21.2 Å². The topological polar surface area (TPSA) is 66.5 Å². The SMILES string of the molecule is CC(NC(=O)C1CCCN(S(=O)(=O)c2ccc(Br)cc2)C1)c1cccs1. The molecule has 0 spiro atoms. The molecule has 2 atom stereocenters. The van der Waals surface area contributed by atoms with Crippen LogP contribution in [-0.2, 0) is 14.8 Å². The summed E-state index contributed by atoms with van der Waals surface area (Å²) in [4.78, 5) is 14.0. The quantitative estimate of drug-likeness (QED) is 0.743. The summed E-state index contributed by atoms with van der Waals surface area (Å²) in [6.07, 6.45) is 1.39. The van der Waals surface area contributed by atoms with Crippen LogP contribution in [0.4, 0.5) is 0 Å². The average molecular weight is 457 g/mol. The summed E-state index contributed by atoms with van der Waals surface area (Å²) in [6.45, 7) is 2.62. The number of carbonyl (C=O) groups is 1. The van der Waals surface area contributed by atoms with Gasteiger partial charge in [0, 0.05) is 22.4 Å². The van der Waals surface area contributed by atoms with Crippen molar-refractivity contribution in [2.24, 2.45) is 5.92 Å². The van der Waals surface area contributed by atoms with Crippen LogP contribution in [0.2, 0.25) is 0 Å². The maximum Gasteiger partial charge on any atom is 0.243 e. The zero-order valence-corrected chi connectivity index (χ0v) is 17.6. The summed E-state index contributed by atoms with van der Waals surface area (Å²) in [5.41, 5.74) is 0. The fraction of sp³-hybridized carbons (Fsp3) is 0.389. The van der Waals surface area contributed by atoms with Crippen LogP contribution in [0.1, 0.15) is 30.7 Å². The largest absolute Gasteiger partial charge is 0.348 e. The molecule has 1 amide bonds. The van der Waals surface area contributed by atoms with E-state index in [9.17, 15) is 13.2 Å². The first-order valence-electron chi connectivity index (χ1n) is 8.47. The highest BCUT2D eigenvalue weighted by molar-refractivity contribution is 9.10. The Morgan fingerprint density at radius 3 is 2.69 bits per heavy atom. The Hall–Kier alpha value is -1.22. The fourth-order valence-electron chi connectivity index (χ4n) is 3.07. The van der Waals surface area contributed by atoms with E-state index in [0.717, 1.165) is 9.35 Å². The number of benzene rings is 1. The number of rotatable bonds is 5. The third kappa shape index (κ3) is 4.36. The normalized spacial score (nSPS) is 19.8. The monoisotopic (exact) mass is 456 g/mol. The van der Waals surface area contributed by atoms with Crippen molar-refractivity contribution in [1.29, 1.82) is 0 Å². The highest BCUT2D eigenvalue weighted by Gasteiger charge is 2.33. The molecule has 5 nitrogen and oxygen atoms in total. The lowest BCUT2D eigenvalue weighted by Crippen LogP contribution is -2.45. The van der Waals surface area contributed by atoms with Gasteiger partial charge in [0.1, 0.15) is 0 Å². The molecule has 0 radical (unpaired) electrons. The van der Waals surface area contributed by atoms with Gasteiger partial charge in [-0.05, 0) is 55.5 Å². The van der Waals surface area contributed by atoms with Gasteiger partial charge in [0.05, 0.1) is 16.9 Å². The first-order chi connectivity index (χ1) is 12.4. The molecule has 2 heterocycles. The fourth-order valence-corrected chi connectivity index (χ4v) is 5.59. The van der Waals surface area contributed by atoms with Gasteiger partial charge in [0.2, 0.25) is 15.9 Å². The molecule has 140 valence electrons. The number of hydrogen-bond donors (Lipinski definition) is 1. The van der Waals surface area contributed by atoms with Gasteiger partial charge in [-0.15, -0.1) is 11.3 Å². The third-order valence-corrected chi connectivity index (χ3v) is 8.00. The molecule has 3 rings (SSSR count). The molecule has 2 unspecified atom stereocenters. The molecular formula is C18H21BrN2O3S2. The molecule has 8 heteroatoms. The average Bonchev–Trinajstić information content (AvgIpc) is 3.17. The minimum atomic E-state index is -3.58. The minimum Gasteiger partial charge on any atom is -0.348 e. The Bertz CT molecular complexity index is 851. The van der Waals surface area contributed by atoms with Crippen LogP contribution in [0.5, 0.6) is 0 Å². The van der Waals surface area contributed by atoms with Crippen molar-refractivity contribution < 1.29 is 13.2 Å². The lowest BCUT2D eigenvalue weighted by Gasteiger charge is -2.31. The summed E-state index contributed by atoms with van der Waals surface area (Å²) in [6, 6.07) is 10.5. The molecule has 0 aliphatic carbocycles. The molecule has 26 heavy (non-hydrogen) atoms. The zero-order chi connectivity index (χ0) is 18.7. The molecule has 1 saturated heterocycles. The second-order valence-corrected chi connectivity index (χ2v) is 10.2. The van der Waals surface area contributed by atoms with Crippen LogP contribution in [0, 0.1) is 5.92 Å². The van der Waals surface area contributed by atoms with Crippen molar-refractivity contribution in [2.45, 2.75) is 30.7 Å². The number of carbonyl (C=O) groups excluding carboxylic acids is 1. The summed E-state index contributed by atoms with van der Waals surface area (Å²) < 4.78 is 28.0. The van der Waals surface area contributed by atoms with E-state index < -0.39 is 10.0 Å². The van der Waals surface area contributed by atoms with Crippen LogP contribution in [0.25, 0.3) is 0 Å². The third-order valence-electron chi connectivity index (χ3n) is 4.54. The first kappa shape index (κ1) is 19.5. The Balaban J connectivity index is 1.68. The lowest BCUT2D eigenvalue weighted by molar-refractivity contribution is -0.126. The molecule has 1 fully saturated rings. The second-order valence-electron chi connectivity index (χ2n) is 6.40. The van der Waals surface area contributed by atoms with Crippen molar-refractivity contribution in [3.63, 3.8) is 0 Å². The molecule has 0 saturated carbocycles. The molecule has 2 aromatic rings. The zero-order valence-electron chi connectivity index (χ0n) is 14.4. The Morgan fingerprint density at radius 1 is 1.31 bits per heavy atom. The summed E-state index contributed by atoms with van der Waals surface area (Å²) in [5, 5.41) is 4.99. The number of halogens is 1. The molecule has 1 aromatic heterocycles. The van der Waals surface area contributed by atoms with Crippen molar-refractivity contribution in [3.8, 4) is 0 Å². The van der Waals surface area contributed by atoms with Crippen LogP contribution in [-0.4, -0.2) is 31.7 Å². The van der Waals surface area contributed by atoms with E-state index in [4.69, 9.17) is 0 Å². The number of amides is 1. The van der Waals surface area contributed by atoms with Crippen LogP contribution in [0.3, 0.4) is 0 Å². The van der Waals surface area contributed by atoms with Crippen molar-refractivity contribution in [2.75, 3.05) is 13.1 Å². The number of thiophene rings is 1. The van der Waals surface area contributed by atoms with Crippen molar-refractivity contribution >= 4 is 43.2 Å². The summed E-state index contributed by atoms with van der Waals surface area (Å²) in [7, 11) is -3.58. The van der Waals surface area contributed by atoms with Gasteiger partial charge in [0.15, 0.2) is 0 Å². The van der Waals surface area contributed by atoms with Gasteiger partial charge in [-0.25, -0.2) is 8.42 Å². The summed E-state index contributed by atoms with van der Waals surface area (Å²) >= 11 is 4.91. The van der Waals surface area contributed by atoms with Gasteiger partial charge in [-0.2, -0.15) is 4.31 Å². The van der Waals surface area contributed by atoms with Crippen molar-refractivity contribution in [1.82, 2.24) is 9.62 Å². The van der Waals surface area contributed by atoms with Crippen LogP contribution >= 0.6 is 27.3 Å². The number of hydrogen-bond acceptors (Lipinski definition) is 4. The van der Waals surface area contributed by atoms with Gasteiger partial charge in [0.25, 0.3) is 0 Å².